The minimum absolute atomic E-state index is 0.169. The lowest BCUT2D eigenvalue weighted by Gasteiger charge is -2.35. The largest absolute Gasteiger partial charge is 0.457 e. The Morgan fingerprint density at radius 2 is 1.23 bits per heavy atom. The van der Waals surface area contributed by atoms with Crippen LogP contribution >= 0.6 is 0 Å². The van der Waals surface area contributed by atoms with Crippen molar-refractivity contribution in [1.82, 2.24) is 9.55 Å². The molecule has 230 valence electrons. The number of ether oxygens (including phenoxy) is 1. The van der Waals surface area contributed by atoms with Crippen LogP contribution in [0, 0.1) is 0 Å². The molecule has 8 aromatic rings. The predicted molar refractivity (Wildman–Crippen MR) is 197 cm³/mol. The quantitative estimate of drug-likeness (QED) is 0.192. The Morgan fingerprint density at radius 1 is 0.542 bits per heavy atom. The molecule has 0 N–H and O–H groups in total. The molecule has 0 aliphatic carbocycles. The third kappa shape index (κ3) is 4.49. The van der Waals surface area contributed by atoms with Gasteiger partial charge in [0.2, 0.25) is 0 Å². The molecule has 0 fully saturated rings. The topological polar surface area (TPSA) is 30.3 Å². The summed E-state index contributed by atoms with van der Waals surface area (Å²) in [6.45, 7) is 4.53. The van der Waals surface area contributed by atoms with Crippen LogP contribution in [0.3, 0.4) is 0 Å². The van der Waals surface area contributed by atoms with Gasteiger partial charge in [0.15, 0.2) is 0 Å². The van der Waals surface area contributed by atoms with Gasteiger partial charge < -0.3 is 14.2 Å². The van der Waals surface area contributed by atoms with Gasteiger partial charge in [0, 0.05) is 56.0 Å². The number of rotatable bonds is 5. The molecule has 0 saturated heterocycles. The fourth-order valence-electron chi connectivity index (χ4n) is 7.29. The highest BCUT2D eigenvalue weighted by Crippen LogP contribution is 2.49. The van der Waals surface area contributed by atoms with E-state index in [0.717, 1.165) is 45.5 Å². The second-order valence-electron chi connectivity index (χ2n) is 12.9. The van der Waals surface area contributed by atoms with E-state index in [1.54, 1.807) is 0 Å². The summed E-state index contributed by atoms with van der Waals surface area (Å²) in [5.41, 5.74) is 10.8. The zero-order valence-electron chi connectivity index (χ0n) is 26.8. The standard InChI is InChI=1S/C44H33N3O/c1-44(2)37-18-10-12-20-42(37)48-43-28-33(22-24-38(43)44)46(31-13-5-3-6-14-31)34-23-25-39(45-29-34)30-21-26-41-36(27-30)35-17-9-11-19-40(35)47(41)32-15-7-4-8-16-32/h3-29H,1-2H3. The summed E-state index contributed by atoms with van der Waals surface area (Å²) >= 11 is 0. The zero-order valence-corrected chi connectivity index (χ0v) is 26.8. The highest BCUT2D eigenvalue weighted by molar-refractivity contribution is 6.10. The van der Waals surface area contributed by atoms with Crippen molar-refractivity contribution in [1.29, 1.82) is 0 Å². The number of benzene rings is 6. The van der Waals surface area contributed by atoms with Crippen LogP contribution < -0.4 is 9.64 Å². The number of pyridine rings is 1. The molecule has 1 aliphatic rings. The van der Waals surface area contributed by atoms with Crippen LogP contribution in [-0.2, 0) is 5.41 Å². The van der Waals surface area contributed by atoms with E-state index in [0.29, 0.717) is 0 Å². The first-order chi connectivity index (χ1) is 23.6. The molecule has 0 amide bonds. The van der Waals surface area contributed by atoms with Crippen LogP contribution in [0.2, 0.25) is 0 Å². The van der Waals surface area contributed by atoms with E-state index in [9.17, 15) is 0 Å². The second-order valence-corrected chi connectivity index (χ2v) is 12.9. The van der Waals surface area contributed by atoms with Crippen molar-refractivity contribution < 1.29 is 4.74 Å². The number of para-hydroxylation sites is 4. The molecule has 0 bridgehead atoms. The number of fused-ring (bicyclic) bond motifs is 5. The van der Waals surface area contributed by atoms with Crippen molar-refractivity contribution in [2.75, 3.05) is 4.90 Å². The van der Waals surface area contributed by atoms with E-state index in [1.165, 1.54) is 32.9 Å². The van der Waals surface area contributed by atoms with Crippen molar-refractivity contribution in [3.8, 4) is 28.4 Å². The second kappa shape index (κ2) is 11.0. The Labute approximate surface area is 280 Å². The minimum Gasteiger partial charge on any atom is -0.457 e. The third-order valence-electron chi connectivity index (χ3n) is 9.68. The fourth-order valence-corrected chi connectivity index (χ4v) is 7.29. The first kappa shape index (κ1) is 28.1. The average molecular weight is 620 g/mol. The Morgan fingerprint density at radius 3 is 2.04 bits per heavy atom. The normalized spacial score (nSPS) is 13.1. The monoisotopic (exact) mass is 619 g/mol. The molecule has 0 spiro atoms. The number of nitrogens with zero attached hydrogens (tertiary/aromatic N) is 3. The van der Waals surface area contributed by atoms with Crippen LogP contribution in [0.4, 0.5) is 17.1 Å². The van der Waals surface area contributed by atoms with E-state index in [2.05, 4.69) is 169 Å². The van der Waals surface area contributed by atoms with Gasteiger partial charge in [0.05, 0.1) is 28.6 Å². The van der Waals surface area contributed by atoms with Gasteiger partial charge in [-0.1, -0.05) is 98.8 Å². The first-order valence-corrected chi connectivity index (χ1v) is 16.4. The smallest absolute Gasteiger partial charge is 0.133 e. The average Bonchev–Trinajstić information content (AvgIpc) is 3.47. The van der Waals surface area contributed by atoms with E-state index >= 15 is 0 Å². The summed E-state index contributed by atoms with van der Waals surface area (Å²) in [4.78, 5) is 7.27. The molecule has 3 heterocycles. The molecule has 6 aromatic carbocycles. The Balaban J connectivity index is 1.12. The lowest BCUT2D eigenvalue weighted by Crippen LogP contribution is -2.24. The van der Waals surface area contributed by atoms with Crippen molar-refractivity contribution >= 4 is 38.9 Å². The van der Waals surface area contributed by atoms with Gasteiger partial charge >= 0.3 is 0 Å². The molecule has 2 aromatic heterocycles. The summed E-state index contributed by atoms with van der Waals surface area (Å²) < 4.78 is 8.84. The SMILES string of the molecule is CC1(C)c2ccccc2Oc2cc(N(c3ccccc3)c3ccc(-c4ccc5c(c4)c4ccccc4n5-c4ccccc4)nc3)ccc21. The van der Waals surface area contributed by atoms with Gasteiger partial charge in [-0.05, 0) is 66.7 Å². The number of anilines is 3. The Kier molecular flexibility index (Phi) is 6.44. The van der Waals surface area contributed by atoms with Crippen LogP contribution in [0.1, 0.15) is 25.0 Å². The number of aromatic nitrogens is 2. The van der Waals surface area contributed by atoms with Gasteiger partial charge in [0.25, 0.3) is 0 Å². The molecular formula is C44H33N3O. The molecule has 0 radical (unpaired) electrons. The maximum atomic E-state index is 6.50. The fraction of sp³-hybridized carbons (Fsp3) is 0.0682. The zero-order chi connectivity index (χ0) is 32.2. The Hall–Kier alpha value is -6.13. The van der Waals surface area contributed by atoms with Crippen LogP contribution in [0.5, 0.6) is 11.5 Å². The minimum atomic E-state index is -0.169. The van der Waals surface area contributed by atoms with E-state index in [1.807, 2.05) is 18.3 Å². The summed E-state index contributed by atoms with van der Waals surface area (Å²) in [7, 11) is 0. The van der Waals surface area contributed by atoms with Crippen molar-refractivity contribution in [3.05, 3.63) is 175 Å². The van der Waals surface area contributed by atoms with Crippen molar-refractivity contribution in [2.45, 2.75) is 19.3 Å². The molecular weight excluding hydrogens is 587 g/mol. The number of hydrogen-bond donors (Lipinski definition) is 0. The summed E-state index contributed by atoms with van der Waals surface area (Å²) in [6, 6.07) is 55.5. The molecule has 48 heavy (non-hydrogen) atoms. The van der Waals surface area contributed by atoms with Crippen molar-refractivity contribution in [2.24, 2.45) is 0 Å². The van der Waals surface area contributed by atoms with Crippen molar-refractivity contribution in [3.63, 3.8) is 0 Å². The summed E-state index contributed by atoms with van der Waals surface area (Å²) in [6.07, 6.45) is 1.97. The maximum Gasteiger partial charge on any atom is 0.133 e. The highest BCUT2D eigenvalue weighted by atomic mass is 16.5. The van der Waals surface area contributed by atoms with Gasteiger partial charge in [-0.15, -0.1) is 0 Å². The van der Waals surface area contributed by atoms with Gasteiger partial charge in [0.1, 0.15) is 11.5 Å². The van der Waals surface area contributed by atoms with Gasteiger partial charge in [-0.3, -0.25) is 4.98 Å². The molecule has 9 rings (SSSR count). The highest BCUT2D eigenvalue weighted by Gasteiger charge is 2.34. The maximum absolute atomic E-state index is 6.50. The molecule has 1 aliphatic heterocycles. The number of hydrogen-bond acceptors (Lipinski definition) is 3. The molecule has 4 nitrogen and oxygen atoms in total. The first-order valence-electron chi connectivity index (χ1n) is 16.4. The van der Waals surface area contributed by atoms with E-state index < -0.39 is 0 Å². The van der Waals surface area contributed by atoms with Gasteiger partial charge in [-0.25, -0.2) is 0 Å². The molecule has 0 atom stereocenters. The van der Waals surface area contributed by atoms with Gasteiger partial charge in [-0.2, -0.15) is 0 Å². The van der Waals surface area contributed by atoms with E-state index in [-0.39, 0.29) is 5.41 Å². The molecule has 4 heteroatoms. The lowest BCUT2D eigenvalue weighted by molar-refractivity contribution is 0.418. The predicted octanol–water partition coefficient (Wildman–Crippen LogP) is 11.7. The van der Waals surface area contributed by atoms with Crippen LogP contribution in [-0.4, -0.2) is 9.55 Å². The summed E-state index contributed by atoms with van der Waals surface area (Å²) in [5, 5.41) is 2.44. The molecule has 0 unspecified atom stereocenters. The van der Waals surface area contributed by atoms with E-state index in [4.69, 9.17) is 9.72 Å². The lowest BCUT2D eigenvalue weighted by atomic mass is 9.76. The Bertz CT molecular complexity index is 2440. The molecule has 0 saturated carbocycles. The summed E-state index contributed by atoms with van der Waals surface area (Å²) in [5.74, 6) is 1.79. The third-order valence-corrected chi connectivity index (χ3v) is 9.68. The van der Waals surface area contributed by atoms with Crippen LogP contribution in [0.25, 0.3) is 38.8 Å². The van der Waals surface area contributed by atoms with Crippen LogP contribution in [0.15, 0.2) is 164 Å².